The zero-order valence-electron chi connectivity index (χ0n) is 20.3. The quantitative estimate of drug-likeness (QED) is 0.142. The van der Waals surface area contributed by atoms with Crippen LogP contribution in [0.1, 0.15) is 115 Å². The van der Waals surface area contributed by atoms with Gasteiger partial charge in [0.1, 0.15) is 0 Å². The number of hydrazone groups is 1. The van der Waals surface area contributed by atoms with E-state index in [9.17, 15) is 4.79 Å². The molecule has 0 aliphatic rings. The number of unbranched alkanes of at least 4 members (excludes halogenated alkanes) is 14. The monoisotopic (exact) mass is 436 g/mol. The van der Waals surface area contributed by atoms with Crippen LogP contribution in [0, 0.1) is 0 Å². The molecule has 0 heterocycles. The van der Waals surface area contributed by atoms with Crippen LogP contribution in [0.4, 0.5) is 0 Å². The van der Waals surface area contributed by atoms with Crippen LogP contribution >= 0.6 is 0 Å². The molecule has 3 heteroatoms. The van der Waals surface area contributed by atoms with Gasteiger partial charge in [0.05, 0.1) is 6.21 Å². The summed E-state index contributed by atoms with van der Waals surface area (Å²) in [7, 11) is 0. The van der Waals surface area contributed by atoms with Crippen molar-refractivity contribution in [1.29, 1.82) is 0 Å². The molecule has 2 rings (SSSR count). The maximum Gasteiger partial charge on any atom is 0.240 e. The topological polar surface area (TPSA) is 41.5 Å². The fraction of sp³-hybridized carbons (Fsp3) is 0.586. The highest BCUT2D eigenvalue weighted by Gasteiger charge is 2.01. The van der Waals surface area contributed by atoms with Crippen LogP contribution in [0.25, 0.3) is 10.8 Å². The highest BCUT2D eigenvalue weighted by Crippen LogP contribution is 2.17. The van der Waals surface area contributed by atoms with Gasteiger partial charge in [-0.1, -0.05) is 139 Å². The van der Waals surface area contributed by atoms with Crippen LogP contribution < -0.4 is 5.43 Å². The van der Waals surface area contributed by atoms with Crippen LogP contribution in [-0.2, 0) is 4.79 Å². The molecule has 0 aromatic heterocycles. The Morgan fingerprint density at radius 1 is 0.719 bits per heavy atom. The number of carbonyl (C=O) groups is 1. The second-order valence-corrected chi connectivity index (χ2v) is 9.06. The minimum Gasteiger partial charge on any atom is -0.273 e. The predicted octanol–water partition coefficient (Wildman–Crippen LogP) is 8.55. The summed E-state index contributed by atoms with van der Waals surface area (Å²) in [5.41, 5.74) is 3.70. The highest BCUT2D eigenvalue weighted by atomic mass is 16.2. The second kappa shape index (κ2) is 17.4. The van der Waals surface area contributed by atoms with Gasteiger partial charge >= 0.3 is 0 Å². The molecular formula is C29H44N2O. The molecule has 32 heavy (non-hydrogen) atoms. The third-order valence-corrected chi connectivity index (χ3v) is 6.22. The van der Waals surface area contributed by atoms with Gasteiger partial charge in [0.25, 0.3) is 0 Å². The van der Waals surface area contributed by atoms with Crippen LogP contribution in [0.15, 0.2) is 47.6 Å². The summed E-state index contributed by atoms with van der Waals surface area (Å²) < 4.78 is 0. The van der Waals surface area contributed by atoms with E-state index in [1.165, 1.54) is 88.9 Å². The van der Waals surface area contributed by atoms with E-state index >= 15 is 0 Å². The Morgan fingerprint density at radius 3 is 1.88 bits per heavy atom. The minimum absolute atomic E-state index is 0.0104. The van der Waals surface area contributed by atoms with Crippen molar-refractivity contribution in [2.45, 2.75) is 110 Å². The summed E-state index contributed by atoms with van der Waals surface area (Å²) in [6.07, 6.45) is 22.4. The zero-order chi connectivity index (χ0) is 22.7. The van der Waals surface area contributed by atoms with Crippen molar-refractivity contribution in [3.63, 3.8) is 0 Å². The summed E-state index contributed by atoms with van der Waals surface area (Å²) >= 11 is 0. The first-order valence-electron chi connectivity index (χ1n) is 13.1. The molecule has 0 fully saturated rings. The molecule has 2 aromatic rings. The normalized spacial score (nSPS) is 11.4. The van der Waals surface area contributed by atoms with Crippen molar-refractivity contribution in [3.05, 3.63) is 48.0 Å². The molecule has 0 saturated heterocycles. The molecule has 0 unspecified atom stereocenters. The van der Waals surface area contributed by atoms with E-state index < -0.39 is 0 Å². The number of fused-ring (bicyclic) bond motifs is 1. The first-order valence-corrected chi connectivity index (χ1v) is 13.1. The van der Waals surface area contributed by atoms with Crippen LogP contribution in [0.2, 0.25) is 0 Å². The second-order valence-electron chi connectivity index (χ2n) is 9.06. The van der Waals surface area contributed by atoms with Crippen molar-refractivity contribution in [3.8, 4) is 0 Å². The Kier molecular flexibility index (Phi) is 14.2. The number of rotatable bonds is 18. The lowest BCUT2D eigenvalue weighted by atomic mass is 10.0. The fourth-order valence-electron chi connectivity index (χ4n) is 4.25. The van der Waals surface area contributed by atoms with Gasteiger partial charge in [0, 0.05) is 12.0 Å². The molecule has 176 valence electrons. The first kappa shape index (κ1) is 26.1. The lowest BCUT2D eigenvalue weighted by Gasteiger charge is -2.04. The zero-order valence-corrected chi connectivity index (χ0v) is 20.3. The molecule has 1 amide bonds. The van der Waals surface area contributed by atoms with Gasteiger partial charge in [0.2, 0.25) is 5.91 Å². The van der Waals surface area contributed by atoms with Gasteiger partial charge in [0.15, 0.2) is 0 Å². The molecule has 1 N–H and O–H groups in total. The molecule has 2 aromatic carbocycles. The molecular weight excluding hydrogens is 392 g/mol. The number of hydrogen-bond donors (Lipinski definition) is 1. The van der Waals surface area contributed by atoms with Crippen LogP contribution in [-0.4, -0.2) is 12.1 Å². The third-order valence-electron chi connectivity index (χ3n) is 6.22. The number of benzene rings is 2. The Balaban J connectivity index is 1.41. The van der Waals surface area contributed by atoms with Gasteiger partial charge in [-0.15, -0.1) is 0 Å². The van der Waals surface area contributed by atoms with Gasteiger partial charge in [-0.05, 0) is 17.2 Å². The molecule has 0 spiro atoms. The molecule has 0 aliphatic carbocycles. The standard InChI is InChI=1S/C29H44N2O/c1-2-3-4-5-6-7-8-9-10-11-12-13-14-15-16-24-29(32)31-30-25-27-22-19-21-26-20-17-18-23-28(26)27/h17-23,25H,2-16,24H2,1H3,(H,31,32)/b30-25+. The maximum atomic E-state index is 12.0. The average molecular weight is 437 g/mol. The van der Waals surface area contributed by atoms with E-state index in [0.29, 0.717) is 6.42 Å². The third kappa shape index (κ3) is 11.5. The van der Waals surface area contributed by atoms with Crippen molar-refractivity contribution in [2.75, 3.05) is 0 Å². The molecule has 0 aliphatic heterocycles. The summed E-state index contributed by atoms with van der Waals surface area (Å²) in [5.74, 6) is 0.0104. The van der Waals surface area contributed by atoms with Gasteiger partial charge in [-0.2, -0.15) is 5.10 Å². The largest absolute Gasteiger partial charge is 0.273 e. The van der Waals surface area contributed by atoms with E-state index in [2.05, 4.69) is 35.7 Å². The molecule has 0 saturated carbocycles. The van der Waals surface area contributed by atoms with Crippen molar-refractivity contribution in [2.24, 2.45) is 5.10 Å². The van der Waals surface area contributed by atoms with Gasteiger partial charge in [-0.25, -0.2) is 5.43 Å². The van der Waals surface area contributed by atoms with Crippen molar-refractivity contribution < 1.29 is 4.79 Å². The van der Waals surface area contributed by atoms with E-state index in [4.69, 9.17) is 0 Å². The van der Waals surface area contributed by atoms with Crippen molar-refractivity contribution in [1.82, 2.24) is 5.43 Å². The smallest absolute Gasteiger partial charge is 0.240 e. The lowest BCUT2D eigenvalue weighted by molar-refractivity contribution is -0.121. The summed E-state index contributed by atoms with van der Waals surface area (Å²) in [6.45, 7) is 2.28. The molecule has 0 atom stereocenters. The van der Waals surface area contributed by atoms with Crippen LogP contribution in [0.5, 0.6) is 0 Å². The summed E-state index contributed by atoms with van der Waals surface area (Å²) in [6, 6.07) is 14.3. The van der Waals surface area contributed by atoms with E-state index in [0.717, 1.165) is 23.8 Å². The van der Waals surface area contributed by atoms with Gasteiger partial charge in [-0.3, -0.25) is 4.79 Å². The highest BCUT2D eigenvalue weighted by molar-refractivity contribution is 5.99. The fourth-order valence-corrected chi connectivity index (χ4v) is 4.25. The minimum atomic E-state index is 0.0104. The number of nitrogens with zero attached hydrogens (tertiary/aromatic N) is 1. The average Bonchev–Trinajstić information content (AvgIpc) is 2.81. The van der Waals surface area contributed by atoms with Crippen molar-refractivity contribution >= 4 is 22.9 Å². The Morgan fingerprint density at radius 2 is 1.25 bits per heavy atom. The number of hydrogen-bond acceptors (Lipinski definition) is 2. The summed E-state index contributed by atoms with van der Waals surface area (Å²) in [4.78, 5) is 12.0. The van der Waals surface area contributed by atoms with E-state index in [-0.39, 0.29) is 5.91 Å². The molecule has 0 bridgehead atoms. The SMILES string of the molecule is CCCCCCCCCCCCCCCCCC(=O)N/N=C/c1cccc2ccccc12. The first-order chi connectivity index (χ1) is 15.8. The van der Waals surface area contributed by atoms with Gasteiger partial charge < -0.3 is 0 Å². The van der Waals surface area contributed by atoms with E-state index in [1.54, 1.807) is 6.21 Å². The number of amides is 1. The summed E-state index contributed by atoms with van der Waals surface area (Å²) in [5, 5.41) is 6.49. The molecule has 0 radical (unpaired) electrons. The number of carbonyl (C=O) groups excluding carboxylic acids is 1. The van der Waals surface area contributed by atoms with Crippen LogP contribution in [0.3, 0.4) is 0 Å². The predicted molar refractivity (Wildman–Crippen MR) is 139 cm³/mol. The lowest BCUT2D eigenvalue weighted by Crippen LogP contribution is -2.16. The number of nitrogens with one attached hydrogen (secondary N) is 1. The van der Waals surface area contributed by atoms with E-state index in [1.807, 2.05) is 24.3 Å². The Hall–Kier alpha value is -2.16. The Labute approximate surface area is 196 Å². The molecule has 3 nitrogen and oxygen atoms in total. The maximum absolute atomic E-state index is 12.0. The Bertz CT molecular complexity index is 778.